The van der Waals surface area contributed by atoms with Crippen LogP contribution in [-0.4, -0.2) is 26.0 Å². The lowest BCUT2D eigenvalue weighted by atomic mass is 10.1. The number of nitrogens with one attached hydrogen (secondary N) is 2. The number of hydrogen-bond acceptors (Lipinski definition) is 3. The Bertz CT molecular complexity index is 709. The van der Waals surface area contributed by atoms with Crippen molar-refractivity contribution in [3.8, 4) is 5.75 Å². The number of anilines is 1. The van der Waals surface area contributed by atoms with Crippen molar-refractivity contribution in [1.82, 2.24) is 5.32 Å². The molecule has 0 spiro atoms. The molecule has 2 N–H and O–H groups in total. The number of carbonyl (C=O) groups excluding carboxylic acids is 2. The van der Waals surface area contributed by atoms with E-state index in [-0.39, 0.29) is 11.8 Å². The highest BCUT2D eigenvalue weighted by Crippen LogP contribution is 2.20. The monoisotopic (exact) mass is 312 g/mol. The summed E-state index contributed by atoms with van der Waals surface area (Å²) in [6, 6.07) is 12.5. The van der Waals surface area contributed by atoms with Crippen molar-refractivity contribution >= 4 is 17.5 Å². The lowest BCUT2D eigenvalue weighted by Gasteiger charge is -2.09. The maximum absolute atomic E-state index is 12.3. The average Bonchev–Trinajstić information content (AvgIpc) is 2.56. The molecule has 0 atom stereocenters. The molecule has 0 unspecified atom stereocenters. The summed E-state index contributed by atoms with van der Waals surface area (Å²) >= 11 is 0. The smallest absolute Gasteiger partial charge is 0.255 e. The maximum atomic E-state index is 12.3. The highest BCUT2D eigenvalue weighted by molar-refractivity contribution is 6.04. The van der Waals surface area contributed by atoms with E-state index in [2.05, 4.69) is 10.6 Å². The molecule has 2 aromatic carbocycles. The van der Waals surface area contributed by atoms with Crippen LogP contribution in [0.5, 0.6) is 5.75 Å². The van der Waals surface area contributed by atoms with Gasteiger partial charge in [-0.2, -0.15) is 0 Å². The number of carbonyl (C=O) groups is 2. The third-order valence-electron chi connectivity index (χ3n) is 3.53. The van der Waals surface area contributed by atoms with E-state index in [4.69, 9.17) is 4.74 Å². The van der Waals surface area contributed by atoms with Gasteiger partial charge >= 0.3 is 0 Å². The van der Waals surface area contributed by atoms with Gasteiger partial charge in [-0.3, -0.25) is 9.59 Å². The molecule has 0 fully saturated rings. The second-order valence-corrected chi connectivity index (χ2v) is 5.19. The molecule has 2 amide bonds. The van der Waals surface area contributed by atoms with Crippen LogP contribution in [0, 0.1) is 6.92 Å². The van der Waals surface area contributed by atoms with Gasteiger partial charge in [0.1, 0.15) is 5.75 Å². The summed E-state index contributed by atoms with van der Waals surface area (Å²) < 4.78 is 5.23. The minimum absolute atomic E-state index is 0.0477. The van der Waals surface area contributed by atoms with Crippen molar-refractivity contribution < 1.29 is 14.3 Å². The normalized spacial score (nSPS) is 10.0. The van der Waals surface area contributed by atoms with Gasteiger partial charge in [-0.25, -0.2) is 0 Å². The quantitative estimate of drug-likeness (QED) is 0.891. The fraction of sp³-hybridized carbons (Fsp3) is 0.222. The van der Waals surface area contributed by atoms with Crippen molar-refractivity contribution in [1.29, 1.82) is 0 Å². The van der Waals surface area contributed by atoms with Crippen LogP contribution in [0.2, 0.25) is 0 Å². The summed E-state index contributed by atoms with van der Waals surface area (Å²) in [6.45, 7) is 1.92. The second kappa shape index (κ2) is 7.45. The molecule has 2 aromatic rings. The molecule has 0 aromatic heterocycles. The summed E-state index contributed by atoms with van der Waals surface area (Å²) in [7, 11) is 3.18. The molecule has 0 aliphatic rings. The molecule has 0 saturated carbocycles. The number of likely N-dealkylation sites (N-methyl/N-ethyl adjacent to an activating group) is 1. The molecule has 0 aliphatic carbocycles. The second-order valence-electron chi connectivity index (χ2n) is 5.19. The molecule has 120 valence electrons. The van der Waals surface area contributed by atoms with Gasteiger partial charge in [0, 0.05) is 18.3 Å². The minimum Gasteiger partial charge on any atom is -0.496 e. The highest BCUT2D eigenvalue weighted by atomic mass is 16.5. The summed E-state index contributed by atoms with van der Waals surface area (Å²) in [6.07, 6.45) is 0.319. The molecular formula is C18H20N2O3. The standard InChI is InChI=1S/C18H20N2O3/c1-12-4-7-14(11-16(12)23-3)18(22)20-15-8-5-13(6-9-15)10-17(21)19-2/h4-9,11H,10H2,1-3H3,(H,19,21)(H,20,22). The highest BCUT2D eigenvalue weighted by Gasteiger charge is 2.09. The Morgan fingerprint density at radius 2 is 1.78 bits per heavy atom. The molecule has 2 rings (SSSR count). The Hall–Kier alpha value is -2.82. The van der Waals surface area contributed by atoms with Gasteiger partial charge < -0.3 is 15.4 Å². The lowest BCUT2D eigenvalue weighted by molar-refractivity contribution is -0.119. The predicted octanol–water partition coefficient (Wildman–Crippen LogP) is 2.54. The molecular weight excluding hydrogens is 292 g/mol. The Labute approximate surface area is 135 Å². The van der Waals surface area contributed by atoms with E-state index in [9.17, 15) is 9.59 Å². The van der Waals surface area contributed by atoms with Crippen LogP contribution in [0.1, 0.15) is 21.5 Å². The first-order valence-electron chi connectivity index (χ1n) is 7.29. The first-order valence-corrected chi connectivity index (χ1v) is 7.29. The van der Waals surface area contributed by atoms with Crippen molar-refractivity contribution in [3.05, 3.63) is 59.2 Å². The summed E-state index contributed by atoms with van der Waals surface area (Å²) in [4.78, 5) is 23.6. The Balaban J connectivity index is 2.06. The van der Waals surface area contributed by atoms with Crippen LogP contribution < -0.4 is 15.4 Å². The first kappa shape index (κ1) is 16.5. The van der Waals surface area contributed by atoms with E-state index in [1.807, 2.05) is 25.1 Å². The Morgan fingerprint density at radius 1 is 1.09 bits per heavy atom. The number of amides is 2. The van der Waals surface area contributed by atoms with Gasteiger partial charge in [0.05, 0.1) is 13.5 Å². The Morgan fingerprint density at radius 3 is 2.39 bits per heavy atom. The van der Waals surface area contributed by atoms with Gasteiger partial charge in [-0.1, -0.05) is 18.2 Å². The predicted molar refractivity (Wildman–Crippen MR) is 89.9 cm³/mol. The van der Waals surface area contributed by atoms with Crippen LogP contribution in [0.3, 0.4) is 0 Å². The Kier molecular flexibility index (Phi) is 5.36. The minimum atomic E-state index is -0.206. The zero-order valence-corrected chi connectivity index (χ0v) is 13.5. The van der Waals surface area contributed by atoms with E-state index in [1.54, 1.807) is 38.4 Å². The number of ether oxygens (including phenoxy) is 1. The van der Waals surface area contributed by atoms with Gasteiger partial charge in [0.2, 0.25) is 5.91 Å². The largest absolute Gasteiger partial charge is 0.496 e. The molecule has 0 aliphatic heterocycles. The third-order valence-corrected chi connectivity index (χ3v) is 3.53. The molecule has 5 nitrogen and oxygen atoms in total. The zero-order valence-electron chi connectivity index (χ0n) is 13.5. The van der Waals surface area contributed by atoms with Crippen LogP contribution in [0.15, 0.2) is 42.5 Å². The van der Waals surface area contributed by atoms with E-state index in [0.29, 0.717) is 23.4 Å². The summed E-state index contributed by atoms with van der Waals surface area (Å²) in [5.74, 6) is 0.425. The van der Waals surface area contributed by atoms with Gasteiger partial charge in [-0.05, 0) is 42.3 Å². The third kappa shape index (κ3) is 4.32. The topological polar surface area (TPSA) is 67.4 Å². The molecule has 0 saturated heterocycles. The van der Waals surface area contributed by atoms with Gasteiger partial charge in [-0.15, -0.1) is 0 Å². The zero-order chi connectivity index (χ0) is 16.8. The van der Waals surface area contributed by atoms with Gasteiger partial charge in [0.15, 0.2) is 0 Å². The summed E-state index contributed by atoms with van der Waals surface area (Å²) in [5.41, 5.74) is 3.07. The fourth-order valence-corrected chi connectivity index (χ4v) is 2.14. The van der Waals surface area contributed by atoms with Crippen molar-refractivity contribution in [2.24, 2.45) is 0 Å². The average molecular weight is 312 g/mol. The number of benzene rings is 2. The number of rotatable bonds is 5. The van der Waals surface area contributed by atoms with E-state index < -0.39 is 0 Å². The lowest BCUT2D eigenvalue weighted by Crippen LogP contribution is -2.19. The van der Waals surface area contributed by atoms with Gasteiger partial charge in [0.25, 0.3) is 5.91 Å². The molecule has 23 heavy (non-hydrogen) atoms. The first-order chi connectivity index (χ1) is 11.0. The fourth-order valence-electron chi connectivity index (χ4n) is 2.14. The van der Waals surface area contributed by atoms with Crippen LogP contribution in [-0.2, 0) is 11.2 Å². The maximum Gasteiger partial charge on any atom is 0.255 e. The number of methoxy groups -OCH3 is 1. The molecule has 0 heterocycles. The van der Waals surface area contributed by atoms with Crippen LogP contribution in [0.4, 0.5) is 5.69 Å². The molecule has 0 bridgehead atoms. The van der Waals surface area contributed by atoms with Crippen molar-refractivity contribution in [2.75, 3.05) is 19.5 Å². The molecule has 0 radical (unpaired) electrons. The van der Waals surface area contributed by atoms with E-state index in [1.165, 1.54) is 0 Å². The van der Waals surface area contributed by atoms with E-state index >= 15 is 0 Å². The van der Waals surface area contributed by atoms with Crippen molar-refractivity contribution in [3.63, 3.8) is 0 Å². The molecule has 5 heteroatoms. The SMILES string of the molecule is CNC(=O)Cc1ccc(NC(=O)c2ccc(C)c(OC)c2)cc1. The number of aryl methyl sites for hydroxylation is 1. The summed E-state index contributed by atoms with van der Waals surface area (Å²) in [5, 5.41) is 5.41. The number of hydrogen-bond donors (Lipinski definition) is 2. The van der Waals surface area contributed by atoms with Crippen molar-refractivity contribution in [2.45, 2.75) is 13.3 Å². The van der Waals surface area contributed by atoms with Crippen LogP contribution in [0.25, 0.3) is 0 Å². The van der Waals surface area contributed by atoms with E-state index in [0.717, 1.165) is 11.1 Å². The van der Waals surface area contributed by atoms with Crippen LogP contribution >= 0.6 is 0 Å².